The second-order valence-corrected chi connectivity index (χ2v) is 4.36. The summed E-state index contributed by atoms with van der Waals surface area (Å²) >= 11 is 0. The van der Waals surface area contributed by atoms with Crippen LogP contribution in [0.15, 0.2) is 60.7 Å². The Labute approximate surface area is 108 Å². The SMILES string of the molecule is OC(CCCNc1ccccc1)c1ccccc1. The highest BCUT2D eigenvalue weighted by Gasteiger charge is 2.05. The maximum absolute atomic E-state index is 9.99. The van der Waals surface area contributed by atoms with E-state index in [4.69, 9.17) is 0 Å². The summed E-state index contributed by atoms with van der Waals surface area (Å²) in [5.74, 6) is 0. The summed E-state index contributed by atoms with van der Waals surface area (Å²) in [4.78, 5) is 0. The van der Waals surface area contributed by atoms with Crippen LogP contribution in [0.2, 0.25) is 0 Å². The van der Waals surface area contributed by atoms with Gasteiger partial charge in [-0.15, -0.1) is 0 Å². The first-order chi connectivity index (χ1) is 8.86. The average molecular weight is 241 g/mol. The number of rotatable bonds is 6. The van der Waals surface area contributed by atoms with E-state index in [1.54, 1.807) is 0 Å². The van der Waals surface area contributed by atoms with Crippen LogP contribution >= 0.6 is 0 Å². The van der Waals surface area contributed by atoms with Crippen molar-refractivity contribution in [3.8, 4) is 0 Å². The lowest BCUT2D eigenvalue weighted by Gasteiger charge is -2.11. The van der Waals surface area contributed by atoms with Crippen molar-refractivity contribution in [3.63, 3.8) is 0 Å². The van der Waals surface area contributed by atoms with E-state index in [0.717, 1.165) is 30.6 Å². The van der Waals surface area contributed by atoms with Crippen molar-refractivity contribution < 1.29 is 5.11 Å². The summed E-state index contributed by atoms with van der Waals surface area (Å²) in [5, 5.41) is 13.3. The number of nitrogens with one attached hydrogen (secondary N) is 1. The topological polar surface area (TPSA) is 32.3 Å². The van der Waals surface area contributed by atoms with Crippen LogP contribution in [-0.2, 0) is 0 Å². The van der Waals surface area contributed by atoms with Crippen molar-refractivity contribution in [3.05, 3.63) is 66.2 Å². The van der Waals surface area contributed by atoms with Gasteiger partial charge in [0.2, 0.25) is 0 Å². The molecule has 0 radical (unpaired) electrons. The van der Waals surface area contributed by atoms with Crippen LogP contribution in [0.4, 0.5) is 5.69 Å². The summed E-state index contributed by atoms with van der Waals surface area (Å²) < 4.78 is 0. The molecule has 0 fully saturated rings. The van der Waals surface area contributed by atoms with Crippen molar-refractivity contribution in [1.29, 1.82) is 0 Å². The molecule has 2 N–H and O–H groups in total. The molecule has 0 heterocycles. The van der Waals surface area contributed by atoms with E-state index in [1.807, 2.05) is 60.7 Å². The van der Waals surface area contributed by atoms with Crippen molar-refractivity contribution in [2.75, 3.05) is 11.9 Å². The smallest absolute Gasteiger partial charge is 0.0790 e. The van der Waals surface area contributed by atoms with Crippen LogP contribution in [0, 0.1) is 0 Å². The second-order valence-electron chi connectivity index (χ2n) is 4.36. The Morgan fingerprint density at radius 1 is 0.889 bits per heavy atom. The van der Waals surface area contributed by atoms with Gasteiger partial charge in [-0.1, -0.05) is 48.5 Å². The van der Waals surface area contributed by atoms with Gasteiger partial charge < -0.3 is 10.4 Å². The molecule has 0 aliphatic rings. The van der Waals surface area contributed by atoms with Gasteiger partial charge >= 0.3 is 0 Å². The number of anilines is 1. The standard InChI is InChI=1S/C16H19NO/c18-16(14-8-3-1-4-9-14)12-7-13-17-15-10-5-2-6-11-15/h1-6,8-11,16-18H,7,12-13H2. The van der Waals surface area contributed by atoms with E-state index in [9.17, 15) is 5.11 Å². The van der Waals surface area contributed by atoms with E-state index in [1.165, 1.54) is 0 Å². The molecular weight excluding hydrogens is 222 g/mol. The number of aliphatic hydroxyl groups excluding tert-OH is 1. The van der Waals surface area contributed by atoms with Crippen LogP contribution in [-0.4, -0.2) is 11.7 Å². The first-order valence-corrected chi connectivity index (χ1v) is 6.38. The number of aliphatic hydroxyl groups is 1. The van der Waals surface area contributed by atoms with Gasteiger partial charge in [-0.3, -0.25) is 0 Å². The first kappa shape index (κ1) is 12.7. The third kappa shape index (κ3) is 3.90. The Balaban J connectivity index is 1.70. The molecule has 94 valence electrons. The third-order valence-corrected chi connectivity index (χ3v) is 2.94. The highest BCUT2D eigenvalue weighted by molar-refractivity contribution is 5.42. The second kappa shape index (κ2) is 6.82. The van der Waals surface area contributed by atoms with E-state index in [-0.39, 0.29) is 6.10 Å². The molecule has 0 amide bonds. The summed E-state index contributed by atoms with van der Waals surface area (Å²) in [5.41, 5.74) is 2.13. The highest BCUT2D eigenvalue weighted by Crippen LogP contribution is 2.17. The Morgan fingerprint density at radius 2 is 1.50 bits per heavy atom. The zero-order valence-electron chi connectivity index (χ0n) is 10.4. The van der Waals surface area contributed by atoms with Crippen LogP contribution in [0.1, 0.15) is 24.5 Å². The van der Waals surface area contributed by atoms with Crippen LogP contribution in [0.25, 0.3) is 0 Å². The van der Waals surface area contributed by atoms with Crippen LogP contribution in [0.3, 0.4) is 0 Å². The minimum Gasteiger partial charge on any atom is -0.388 e. The summed E-state index contributed by atoms with van der Waals surface area (Å²) in [6, 6.07) is 20.0. The molecule has 1 unspecified atom stereocenters. The fraction of sp³-hybridized carbons (Fsp3) is 0.250. The Bertz CT molecular complexity index is 441. The molecule has 2 heteroatoms. The molecule has 0 aliphatic carbocycles. The van der Waals surface area contributed by atoms with Crippen molar-refractivity contribution in [1.82, 2.24) is 0 Å². The lowest BCUT2D eigenvalue weighted by molar-refractivity contribution is 0.166. The van der Waals surface area contributed by atoms with Crippen molar-refractivity contribution in [2.24, 2.45) is 0 Å². The maximum Gasteiger partial charge on any atom is 0.0790 e. The van der Waals surface area contributed by atoms with Gasteiger partial charge in [-0.25, -0.2) is 0 Å². The largest absolute Gasteiger partial charge is 0.388 e. The maximum atomic E-state index is 9.99. The molecule has 0 saturated heterocycles. The Morgan fingerprint density at radius 3 is 2.17 bits per heavy atom. The summed E-state index contributed by atoms with van der Waals surface area (Å²) in [7, 11) is 0. The third-order valence-electron chi connectivity index (χ3n) is 2.94. The minimum absolute atomic E-state index is 0.358. The molecule has 0 bridgehead atoms. The monoisotopic (exact) mass is 241 g/mol. The summed E-state index contributed by atoms with van der Waals surface area (Å²) in [6.45, 7) is 0.883. The van der Waals surface area contributed by atoms with Crippen LogP contribution in [0.5, 0.6) is 0 Å². The molecule has 18 heavy (non-hydrogen) atoms. The Kier molecular flexibility index (Phi) is 4.79. The molecule has 2 rings (SSSR count). The highest BCUT2D eigenvalue weighted by atomic mass is 16.3. The van der Waals surface area contributed by atoms with Crippen molar-refractivity contribution in [2.45, 2.75) is 18.9 Å². The van der Waals surface area contributed by atoms with Crippen molar-refractivity contribution >= 4 is 5.69 Å². The normalized spacial score (nSPS) is 12.1. The molecule has 0 saturated carbocycles. The molecule has 0 spiro atoms. The molecular formula is C16H19NO. The predicted molar refractivity (Wildman–Crippen MR) is 75.6 cm³/mol. The molecule has 2 aromatic carbocycles. The molecule has 2 aromatic rings. The zero-order chi connectivity index (χ0) is 12.6. The van der Waals surface area contributed by atoms with Gasteiger partial charge in [-0.05, 0) is 30.5 Å². The molecule has 0 aliphatic heterocycles. The van der Waals surface area contributed by atoms with E-state index >= 15 is 0 Å². The quantitative estimate of drug-likeness (QED) is 0.757. The van der Waals surface area contributed by atoms with Gasteiger partial charge in [0, 0.05) is 12.2 Å². The number of hydrogen-bond donors (Lipinski definition) is 2. The fourth-order valence-electron chi connectivity index (χ4n) is 1.93. The van der Waals surface area contributed by atoms with Gasteiger partial charge in [0.1, 0.15) is 0 Å². The van der Waals surface area contributed by atoms with E-state index in [0.29, 0.717) is 0 Å². The minimum atomic E-state index is -0.358. The van der Waals surface area contributed by atoms with Gasteiger partial charge in [0.05, 0.1) is 6.10 Å². The molecule has 1 atom stereocenters. The predicted octanol–water partition coefficient (Wildman–Crippen LogP) is 3.61. The number of hydrogen-bond acceptors (Lipinski definition) is 2. The fourth-order valence-corrected chi connectivity index (χ4v) is 1.93. The lowest BCUT2D eigenvalue weighted by atomic mass is 10.1. The lowest BCUT2D eigenvalue weighted by Crippen LogP contribution is -2.04. The molecule has 0 aromatic heterocycles. The summed E-state index contributed by atoms with van der Waals surface area (Å²) in [6.07, 6.45) is 1.37. The Hall–Kier alpha value is -1.80. The first-order valence-electron chi connectivity index (χ1n) is 6.38. The number of benzene rings is 2. The zero-order valence-corrected chi connectivity index (χ0v) is 10.4. The van der Waals surface area contributed by atoms with Gasteiger partial charge in [-0.2, -0.15) is 0 Å². The van der Waals surface area contributed by atoms with Gasteiger partial charge in [0.25, 0.3) is 0 Å². The van der Waals surface area contributed by atoms with E-state index < -0.39 is 0 Å². The van der Waals surface area contributed by atoms with E-state index in [2.05, 4.69) is 5.32 Å². The average Bonchev–Trinajstić information content (AvgIpc) is 2.45. The number of para-hydroxylation sites is 1. The van der Waals surface area contributed by atoms with Crippen LogP contribution < -0.4 is 5.32 Å². The van der Waals surface area contributed by atoms with Gasteiger partial charge in [0.15, 0.2) is 0 Å². The molecule has 2 nitrogen and oxygen atoms in total.